The Labute approximate surface area is 123 Å². The van der Waals surface area contributed by atoms with E-state index >= 15 is 0 Å². The van der Waals surface area contributed by atoms with Crippen molar-refractivity contribution in [1.29, 1.82) is 0 Å². The fourth-order valence-corrected chi connectivity index (χ4v) is 3.40. The van der Waals surface area contributed by atoms with Gasteiger partial charge < -0.3 is 0 Å². The van der Waals surface area contributed by atoms with E-state index in [1.54, 1.807) is 18.2 Å². The highest BCUT2D eigenvalue weighted by molar-refractivity contribution is 7.21. The molecular weight excluding hydrogens is 301 g/mol. The number of benzene rings is 2. The quantitative estimate of drug-likeness (QED) is 0.618. The highest BCUT2D eigenvalue weighted by Gasteiger charge is 2.10. The Kier molecular flexibility index (Phi) is 3.27. The molecule has 0 aliphatic heterocycles. The number of carbonyl (C=O) groups is 1. The van der Waals surface area contributed by atoms with Gasteiger partial charge >= 0.3 is 0 Å². The molecule has 2 nitrogen and oxygen atoms in total. The van der Waals surface area contributed by atoms with Gasteiger partial charge in [-0.3, -0.25) is 4.79 Å². The molecule has 3 aromatic rings. The fraction of sp³-hybridized carbons (Fsp3) is 0. The van der Waals surface area contributed by atoms with Crippen LogP contribution in [0.4, 0.5) is 0 Å². The maximum absolute atomic E-state index is 10.8. The zero-order valence-corrected chi connectivity index (χ0v) is 11.9. The number of hydrogen-bond acceptors (Lipinski definition) is 3. The lowest BCUT2D eigenvalue weighted by Crippen LogP contribution is -1.78. The molecule has 0 bridgehead atoms. The summed E-state index contributed by atoms with van der Waals surface area (Å²) in [6.07, 6.45) is 0.827. The van der Waals surface area contributed by atoms with E-state index in [0.29, 0.717) is 15.6 Å². The highest BCUT2D eigenvalue weighted by Crippen LogP contribution is 2.35. The van der Waals surface area contributed by atoms with Crippen molar-refractivity contribution >= 4 is 51.0 Å². The zero-order chi connectivity index (χ0) is 13.4. The lowest BCUT2D eigenvalue weighted by molar-refractivity contribution is 0.112. The first-order valence-corrected chi connectivity index (χ1v) is 7.06. The van der Waals surface area contributed by atoms with Gasteiger partial charge in [0.25, 0.3) is 0 Å². The Morgan fingerprint density at radius 1 is 1.11 bits per heavy atom. The van der Waals surface area contributed by atoms with E-state index in [4.69, 9.17) is 23.2 Å². The standard InChI is InChI=1S/C14H7Cl2NOS/c15-9-2-3-10(11(16)6-9)14-17-12-4-1-8(7-18)5-13(12)19-14/h1-7H. The largest absolute Gasteiger partial charge is 0.298 e. The van der Waals surface area contributed by atoms with E-state index in [9.17, 15) is 4.79 Å². The maximum atomic E-state index is 10.8. The molecule has 0 radical (unpaired) electrons. The molecule has 3 rings (SSSR count). The van der Waals surface area contributed by atoms with Gasteiger partial charge in [-0.25, -0.2) is 4.98 Å². The molecule has 5 heteroatoms. The number of thiazole rings is 1. The molecule has 0 saturated heterocycles. The van der Waals surface area contributed by atoms with Crippen molar-refractivity contribution in [2.24, 2.45) is 0 Å². The monoisotopic (exact) mass is 307 g/mol. The Morgan fingerprint density at radius 2 is 1.95 bits per heavy atom. The van der Waals surface area contributed by atoms with Crippen LogP contribution >= 0.6 is 34.5 Å². The third-order valence-corrected chi connectivity index (χ3v) is 4.31. The van der Waals surface area contributed by atoms with Crippen LogP contribution < -0.4 is 0 Å². The SMILES string of the molecule is O=Cc1ccc2nc(-c3ccc(Cl)cc3Cl)sc2c1. The molecule has 0 saturated carbocycles. The first-order valence-electron chi connectivity index (χ1n) is 5.48. The molecule has 0 atom stereocenters. The topological polar surface area (TPSA) is 30.0 Å². The molecule has 0 amide bonds. The summed E-state index contributed by atoms with van der Waals surface area (Å²) in [6, 6.07) is 10.7. The summed E-state index contributed by atoms with van der Waals surface area (Å²) < 4.78 is 0.964. The molecule has 0 fully saturated rings. The number of nitrogens with zero attached hydrogens (tertiary/aromatic N) is 1. The highest BCUT2D eigenvalue weighted by atomic mass is 35.5. The predicted octanol–water partition coefficient (Wildman–Crippen LogP) is 5.08. The average Bonchev–Trinajstić information content (AvgIpc) is 2.80. The third kappa shape index (κ3) is 2.37. The van der Waals surface area contributed by atoms with Crippen LogP contribution in [-0.4, -0.2) is 11.3 Å². The summed E-state index contributed by atoms with van der Waals surface area (Å²) in [4.78, 5) is 15.3. The van der Waals surface area contributed by atoms with E-state index in [2.05, 4.69) is 4.98 Å². The zero-order valence-electron chi connectivity index (χ0n) is 9.56. The summed E-state index contributed by atoms with van der Waals surface area (Å²) in [6.45, 7) is 0. The molecule has 94 valence electrons. The number of fused-ring (bicyclic) bond motifs is 1. The third-order valence-electron chi connectivity index (χ3n) is 2.71. The van der Waals surface area contributed by atoms with Crippen LogP contribution in [0.2, 0.25) is 10.0 Å². The van der Waals surface area contributed by atoms with Crippen molar-refractivity contribution in [2.45, 2.75) is 0 Å². The summed E-state index contributed by atoms with van der Waals surface area (Å²) in [5.74, 6) is 0. The molecule has 1 aromatic heterocycles. The van der Waals surface area contributed by atoms with E-state index in [-0.39, 0.29) is 0 Å². The maximum Gasteiger partial charge on any atom is 0.150 e. The average molecular weight is 308 g/mol. The first kappa shape index (κ1) is 12.6. The predicted molar refractivity (Wildman–Crippen MR) is 80.5 cm³/mol. The van der Waals surface area contributed by atoms with Crippen molar-refractivity contribution in [3.8, 4) is 10.6 Å². The van der Waals surface area contributed by atoms with Crippen LogP contribution in [0.5, 0.6) is 0 Å². The minimum Gasteiger partial charge on any atom is -0.298 e. The Balaban J connectivity index is 2.17. The molecule has 0 spiro atoms. The van der Waals surface area contributed by atoms with Gasteiger partial charge in [0, 0.05) is 16.1 Å². The van der Waals surface area contributed by atoms with Gasteiger partial charge in [0.15, 0.2) is 0 Å². The van der Waals surface area contributed by atoms with Crippen molar-refractivity contribution in [3.05, 3.63) is 52.0 Å². The lowest BCUT2D eigenvalue weighted by atomic mass is 10.2. The van der Waals surface area contributed by atoms with E-state index < -0.39 is 0 Å². The molecule has 2 aromatic carbocycles. The van der Waals surface area contributed by atoms with Gasteiger partial charge in [0.1, 0.15) is 11.3 Å². The molecule has 0 aliphatic carbocycles. The molecule has 0 aliphatic rings. The first-order chi connectivity index (χ1) is 9.17. The summed E-state index contributed by atoms with van der Waals surface area (Å²) in [5.41, 5.74) is 2.35. The van der Waals surface area contributed by atoms with E-state index in [0.717, 1.165) is 27.1 Å². The molecule has 19 heavy (non-hydrogen) atoms. The number of aldehydes is 1. The van der Waals surface area contributed by atoms with Gasteiger partial charge in [-0.2, -0.15) is 0 Å². The minimum absolute atomic E-state index is 0.571. The molecule has 0 N–H and O–H groups in total. The summed E-state index contributed by atoms with van der Waals surface area (Å²) in [5, 5.41) is 1.99. The van der Waals surface area contributed by atoms with Crippen LogP contribution in [0.25, 0.3) is 20.8 Å². The summed E-state index contributed by atoms with van der Waals surface area (Å²) >= 11 is 13.6. The van der Waals surface area contributed by atoms with Crippen LogP contribution in [0.3, 0.4) is 0 Å². The number of halogens is 2. The Morgan fingerprint density at radius 3 is 2.68 bits per heavy atom. The fourth-order valence-electron chi connectivity index (χ4n) is 1.79. The van der Waals surface area contributed by atoms with Gasteiger partial charge in [-0.1, -0.05) is 23.2 Å². The second-order valence-electron chi connectivity index (χ2n) is 3.99. The normalized spacial score (nSPS) is 10.8. The Hall–Kier alpha value is -1.42. The second-order valence-corrected chi connectivity index (χ2v) is 5.86. The lowest BCUT2D eigenvalue weighted by Gasteiger charge is -1.99. The smallest absolute Gasteiger partial charge is 0.150 e. The van der Waals surface area contributed by atoms with Crippen molar-refractivity contribution in [1.82, 2.24) is 4.98 Å². The van der Waals surface area contributed by atoms with Crippen LogP contribution in [-0.2, 0) is 0 Å². The van der Waals surface area contributed by atoms with Crippen molar-refractivity contribution in [2.75, 3.05) is 0 Å². The van der Waals surface area contributed by atoms with Gasteiger partial charge in [0.2, 0.25) is 0 Å². The summed E-state index contributed by atoms with van der Waals surface area (Å²) in [7, 11) is 0. The second kappa shape index (κ2) is 4.93. The molecular formula is C14H7Cl2NOS. The Bertz CT molecular complexity index is 782. The number of aromatic nitrogens is 1. The van der Waals surface area contributed by atoms with E-state index in [1.165, 1.54) is 11.3 Å². The van der Waals surface area contributed by atoms with Crippen LogP contribution in [0.15, 0.2) is 36.4 Å². The van der Waals surface area contributed by atoms with Gasteiger partial charge in [0.05, 0.1) is 15.2 Å². The number of carbonyl (C=O) groups excluding carboxylic acids is 1. The minimum atomic E-state index is 0.571. The van der Waals surface area contributed by atoms with Gasteiger partial charge in [-0.15, -0.1) is 11.3 Å². The van der Waals surface area contributed by atoms with E-state index in [1.807, 2.05) is 18.2 Å². The molecule has 0 unspecified atom stereocenters. The van der Waals surface area contributed by atoms with Crippen LogP contribution in [0, 0.1) is 0 Å². The van der Waals surface area contributed by atoms with Crippen LogP contribution in [0.1, 0.15) is 10.4 Å². The number of rotatable bonds is 2. The van der Waals surface area contributed by atoms with Gasteiger partial charge in [-0.05, 0) is 36.4 Å². The van der Waals surface area contributed by atoms with Crippen molar-refractivity contribution < 1.29 is 4.79 Å². The molecule has 1 heterocycles. The number of hydrogen-bond donors (Lipinski definition) is 0. The van der Waals surface area contributed by atoms with Crippen molar-refractivity contribution in [3.63, 3.8) is 0 Å².